The molecule has 0 unspecified atom stereocenters. The third-order valence-corrected chi connectivity index (χ3v) is 3.74. The Kier molecular flexibility index (Phi) is 4.49. The Morgan fingerprint density at radius 2 is 2.00 bits per heavy atom. The summed E-state index contributed by atoms with van der Waals surface area (Å²) >= 11 is 6.08. The Morgan fingerprint density at radius 3 is 2.82 bits per heavy atom. The number of benzene rings is 2. The second kappa shape index (κ2) is 6.71. The molecule has 0 aromatic heterocycles. The van der Waals surface area contributed by atoms with Gasteiger partial charge in [-0.25, -0.2) is 0 Å². The van der Waals surface area contributed by atoms with Crippen LogP contribution in [-0.4, -0.2) is 19.2 Å². The summed E-state index contributed by atoms with van der Waals surface area (Å²) in [5.41, 5.74) is 1.75. The van der Waals surface area contributed by atoms with Gasteiger partial charge in [-0.2, -0.15) is 0 Å². The molecule has 0 spiro atoms. The summed E-state index contributed by atoms with van der Waals surface area (Å²) in [6.45, 7) is 0.747. The van der Waals surface area contributed by atoms with Gasteiger partial charge < -0.3 is 14.8 Å². The molecule has 0 atom stereocenters. The van der Waals surface area contributed by atoms with Crippen LogP contribution in [0.4, 0.5) is 0 Å². The van der Waals surface area contributed by atoms with Crippen LogP contribution in [0.2, 0.25) is 5.02 Å². The van der Waals surface area contributed by atoms with Crippen LogP contribution < -0.4 is 14.8 Å². The van der Waals surface area contributed by atoms with Crippen LogP contribution in [-0.2, 0) is 6.42 Å². The molecule has 22 heavy (non-hydrogen) atoms. The third-order valence-electron chi connectivity index (χ3n) is 3.46. The Labute approximate surface area is 134 Å². The maximum atomic E-state index is 12.1. The Bertz CT molecular complexity index is 673. The maximum absolute atomic E-state index is 12.1. The first kappa shape index (κ1) is 14.7. The molecule has 2 aromatic carbocycles. The van der Waals surface area contributed by atoms with E-state index in [9.17, 15) is 4.79 Å². The summed E-state index contributed by atoms with van der Waals surface area (Å²) in [6, 6.07) is 13.4. The fourth-order valence-corrected chi connectivity index (χ4v) is 2.60. The number of carbonyl (C=O) groups excluding carboxylic acids is 1. The van der Waals surface area contributed by atoms with Gasteiger partial charge in [0.25, 0.3) is 5.91 Å². The van der Waals surface area contributed by atoms with Gasteiger partial charge >= 0.3 is 0 Å². The van der Waals surface area contributed by atoms with Crippen molar-refractivity contribution in [3.05, 3.63) is 58.6 Å². The van der Waals surface area contributed by atoms with Gasteiger partial charge in [0.2, 0.25) is 6.79 Å². The number of ether oxygens (including phenoxy) is 2. The summed E-state index contributed by atoms with van der Waals surface area (Å²) in [6.07, 6.45) is 1.82. The van der Waals surface area contributed by atoms with E-state index in [1.54, 1.807) is 12.1 Å². The molecule has 0 aliphatic carbocycles. The number of halogens is 1. The van der Waals surface area contributed by atoms with Crippen molar-refractivity contribution in [1.82, 2.24) is 5.32 Å². The average molecular weight is 318 g/mol. The lowest BCUT2D eigenvalue weighted by molar-refractivity contribution is 0.0952. The molecule has 0 fully saturated rings. The van der Waals surface area contributed by atoms with Crippen molar-refractivity contribution in [2.24, 2.45) is 0 Å². The van der Waals surface area contributed by atoms with Crippen molar-refractivity contribution in [3.63, 3.8) is 0 Å². The number of fused-ring (bicyclic) bond motifs is 1. The molecule has 2 aromatic rings. The first-order valence-corrected chi connectivity index (χ1v) is 7.53. The van der Waals surface area contributed by atoms with E-state index in [1.807, 2.05) is 18.2 Å². The van der Waals surface area contributed by atoms with Crippen LogP contribution in [0.5, 0.6) is 11.5 Å². The largest absolute Gasteiger partial charge is 0.454 e. The minimum absolute atomic E-state index is 0.136. The van der Waals surface area contributed by atoms with Gasteiger partial charge in [0.15, 0.2) is 11.5 Å². The van der Waals surface area contributed by atoms with Gasteiger partial charge in [-0.1, -0.05) is 41.9 Å². The van der Waals surface area contributed by atoms with Crippen LogP contribution >= 0.6 is 11.6 Å². The van der Waals surface area contributed by atoms with E-state index in [0.29, 0.717) is 28.6 Å². The Balaban J connectivity index is 1.53. The van der Waals surface area contributed by atoms with E-state index in [2.05, 4.69) is 17.4 Å². The fraction of sp³-hybridized carbons (Fsp3) is 0.235. The van der Waals surface area contributed by atoms with Crippen LogP contribution in [0.25, 0.3) is 0 Å². The van der Waals surface area contributed by atoms with Crippen LogP contribution in [0.15, 0.2) is 42.5 Å². The van der Waals surface area contributed by atoms with E-state index >= 15 is 0 Å². The molecule has 4 nitrogen and oxygen atoms in total. The lowest BCUT2D eigenvalue weighted by atomic mass is 10.1. The van der Waals surface area contributed by atoms with Gasteiger partial charge in [0.1, 0.15) is 0 Å². The van der Waals surface area contributed by atoms with Crippen molar-refractivity contribution in [3.8, 4) is 11.5 Å². The highest BCUT2D eigenvalue weighted by Gasteiger charge is 2.20. The van der Waals surface area contributed by atoms with E-state index < -0.39 is 0 Å². The van der Waals surface area contributed by atoms with E-state index in [-0.39, 0.29) is 12.7 Å². The number of amides is 1. The second-order valence-electron chi connectivity index (χ2n) is 5.04. The molecule has 3 rings (SSSR count). The molecule has 1 aliphatic rings. The normalized spacial score (nSPS) is 12.2. The fourth-order valence-electron chi connectivity index (χ4n) is 2.34. The quantitative estimate of drug-likeness (QED) is 0.859. The van der Waals surface area contributed by atoms with Crippen molar-refractivity contribution in [2.45, 2.75) is 12.8 Å². The number of nitrogens with one attached hydrogen (secondary N) is 1. The number of hydrogen-bond donors (Lipinski definition) is 1. The molecule has 0 saturated carbocycles. The minimum atomic E-state index is -0.159. The predicted molar refractivity (Wildman–Crippen MR) is 84.7 cm³/mol. The van der Waals surface area contributed by atoms with Gasteiger partial charge in [-0.3, -0.25) is 4.79 Å². The lowest BCUT2D eigenvalue weighted by Gasteiger charge is -2.07. The van der Waals surface area contributed by atoms with Gasteiger partial charge in [-0.05, 0) is 30.5 Å². The molecular weight excluding hydrogens is 302 g/mol. The zero-order chi connectivity index (χ0) is 15.4. The van der Waals surface area contributed by atoms with Crippen LogP contribution in [0.3, 0.4) is 0 Å². The van der Waals surface area contributed by atoms with E-state index in [0.717, 1.165) is 12.8 Å². The molecule has 0 radical (unpaired) electrons. The van der Waals surface area contributed by atoms with Crippen molar-refractivity contribution >= 4 is 17.5 Å². The molecule has 0 bridgehead atoms. The highest BCUT2D eigenvalue weighted by molar-refractivity contribution is 6.32. The molecule has 1 aliphatic heterocycles. The summed E-state index contributed by atoms with van der Waals surface area (Å²) < 4.78 is 10.5. The topological polar surface area (TPSA) is 47.6 Å². The monoisotopic (exact) mass is 317 g/mol. The molecule has 114 valence electrons. The summed E-state index contributed by atoms with van der Waals surface area (Å²) in [5, 5.41) is 3.29. The first-order chi connectivity index (χ1) is 10.7. The minimum Gasteiger partial charge on any atom is -0.454 e. The van der Waals surface area contributed by atoms with Crippen molar-refractivity contribution in [2.75, 3.05) is 13.3 Å². The number of carbonyl (C=O) groups is 1. The van der Waals surface area contributed by atoms with E-state index in [1.165, 1.54) is 5.56 Å². The molecule has 5 heteroatoms. The van der Waals surface area contributed by atoms with Crippen LogP contribution in [0, 0.1) is 0 Å². The predicted octanol–water partition coefficient (Wildman–Crippen LogP) is 3.43. The van der Waals surface area contributed by atoms with Gasteiger partial charge in [0.05, 0.1) is 5.02 Å². The molecule has 1 amide bonds. The average Bonchev–Trinajstić information content (AvgIpc) is 3.01. The Hall–Kier alpha value is -2.20. The van der Waals surface area contributed by atoms with Crippen molar-refractivity contribution in [1.29, 1.82) is 0 Å². The summed E-state index contributed by atoms with van der Waals surface area (Å²) in [4.78, 5) is 12.1. The maximum Gasteiger partial charge on any atom is 0.251 e. The molecule has 1 heterocycles. The number of aryl methyl sites for hydroxylation is 1. The SMILES string of the molecule is O=C(NCCCc1ccccc1)c1cc(Cl)c2c(c1)OCO2. The highest BCUT2D eigenvalue weighted by Crippen LogP contribution is 2.39. The lowest BCUT2D eigenvalue weighted by Crippen LogP contribution is -2.24. The second-order valence-corrected chi connectivity index (χ2v) is 5.44. The molecular formula is C17H16ClNO3. The van der Waals surface area contributed by atoms with Gasteiger partial charge in [0, 0.05) is 12.1 Å². The summed E-state index contributed by atoms with van der Waals surface area (Å²) in [5.74, 6) is 0.859. The third kappa shape index (κ3) is 3.34. The standard InChI is InChI=1S/C17H16ClNO3/c18-14-9-13(10-15-16(14)22-11-21-15)17(20)19-8-4-7-12-5-2-1-3-6-12/h1-3,5-6,9-10H,4,7-8,11H2,(H,19,20). The highest BCUT2D eigenvalue weighted by atomic mass is 35.5. The van der Waals surface area contributed by atoms with E-state index in [4.69, 9.17) is 21.1 Å². The smallest absolute Gasteiger partial charge is 0.251 e. The first-order valence-electron chi connectivity index (χ1n) is 7.15. The summed E-state index contributed by atoms with van der Waals surface area (Å²) in [7, 11) is 0. The number of hydrogen-bond acceptors (Lipinski definition) is 3. The van der Waals surface area contributed by atoms with Crippen molar-refractivity contribution < 1.29 is 14.3 Å². The zero-order valence-corrected chi connectivity index (χ0v) is 12.7. The molecule has 1 N–H and O–H groups in total. The van der Waals surface area contributed by atoms with Crippen LogP contribution in [0.1, 0.15) is 22.3 Å². The Morgan fingerprint density at radius 1 is 1.18 bits per heavy atom. The van der Waals surface area contributed by atoms with Gasteiger partial charge in [-0.15, -0.1) is 0 Å². The zero-order valence-electron chi connectivity index (χ0n) is 12.0. The number of rotatable bonds is 5. The molecule has 0 saturated heterocycles.